The summed E-state index contributed by atoms with van der Waals surface area (Å²) in [6.45, 7) is 1.81. The van der Waals surface area contributed by atoms with Crippen LogP contribution in [-0.4, -0.2) is 34.6 Å². The van der Waals surface area contributed by atoms with Crippen LogP contribution < -0.4 is 15.5 Å². The second kappa shape index (κ2) is 7.33. The molecule has 0 unspecified atom stereocenters. The quantitative estimate of drug-likeness (QED) is 0.733. The smallest absolute Gasteiger partial charge is 0.321 e. The molecule has 3 amide bonds. The van der Waals surface area contributed by atoms with Crippen molar-refractivity contribution in [3.63, 3.8) is 0 Å². The highest BCUT2D eigenvalue weighted by molar-refractivity contribution is 6.04. The highest BCUT2D eigenvalue weighted by Gasteiger charge is 2.22. The summed E-state index contributed by atoms with van der Waals surface area (Å²) < 4.78 is 1.88. The van der Waals surface area contributed by atoms with Gasteiger partial charge in [0.15, 0.2) is 0 Å². The van der Waals surface area contributed by atoms with Crippen LogP contribution in [0.5, 0.6) is 0 Å². The van der Waals surface area contributed by atoms with Gasteiger partial charge in [-0.1, -0.05) is 36.4 Å². The fourth-order valence-electron chi connectivity index (χ4n) is 3.05. The topological polar surface area (TPSA) is 79.3 Å². The van der Waals surface area contributed by atoms with Crippen LogP contribution in [-0.2, 0) is 6.54 Å². The van der Waals surface area contributed by atoms with E-state index in [0.717, 1.165) is 5.56 Å². The van der Waals surface area contributed by atoms with Crippen LogP contribution in [0.2, 0.25) is 0 Å². The van der Waals surface area contributed by atoms with Gasteiger partial charge in [-0.05, 0) is 23.8 Å². The normalized spacial score (nSPS) is 13.5. The molecule has 1 aromatic heterocycles. The van der Waals surface area contributed by atoms with Gasteiger partial charge in [-0.3, -0.25) is 15.0 Å². The van der Waals surface area contributed by atoms with Gasteiger partial charge in [0.2, 0.25) is 5.95 Å². The van der Waals surface area contributed by atoms with Crippen LogP contribution in [0.15, 0.2) is 67.0 Å². The molecule has 4 rings (SSSR count). The Labute approximate surface area is 156 Å². The van der Waals surface area contributed by atoms with Crippen molar-refractivity contribution in [1.29, 1.82) is 0 Å². The van der Waals surface area contributed by atoms with E-state index in [1.165, 1.54) is 0 Å². The zero-order chi connectivity index (χ0) is 18.6. The molecule has 0 radical (unpaired) electrons. The molecule has 136 valence electrons. The molecule has 1 aliphatic rings. The van der Waals surface area contributed by atoms with Gasteiger partial charge in [0, 0.05) is 36.7 Å². The van der Waals surface area contributed by atoms with Crippen LogP contribution in [0.25, 0.3) is 0 Å². The summed E-state index contributed by atoms with van der Waals surface area (Å²) in [7, 11) is 0. The van der Waals surface area contributed by atoms with Crippen LogP contribution in [0.3, 0.4) is 0 Å². The maximum Gasteiger partial charge on any atom is 0.321 e. The van der Waals surface area contributed by atoms with Crippen molar-refractivity contribution < 1.29 is 9.59 Å². The number of nitrogens with zero attached hydrogens (tertiary/aromatic N) is 3. The number of aromatic nitrogens is 2. The van der Waals surface area contributed by atoms with Crippen molar-refractivity contribution in [2.45, 2.75) is 6.54 Å². The first kappa shape index (κ1) is 16.8. The summed E-state index contributed by atoms with van der Waals surface area (Å²) in [6.07, 6.45) is 3.48. The second-order valence-electron chi connectivity index (χ2n) is 6.25. The maximum atomic E-state index is 12.7. The molecule has 1 saturated heterocycles. The predicted octanol–water partition coefficient (Wildman–Crippen LogP) is 2.71. The Morgan fingerprint density at radius 3 is 2.78 bits per heavy atom. The van der Waals surface area contributed by atoms with E-state index in [9.17, 15) is 9.59 Å². The number of rotatable bonds is 5. The molecule has 2 aromatic carbocycles. The van der Waals surface area contributed by atoms with E-state index in [1.807, 2.05) is 47.2 Å². The first-order valence-electron chi connectivity index (χ1n) is 8.72. The van der Waals surface area contributed by atoms with E-state index in [2.05, 4.69) is 15.6 Å². The molecular formula is C20H19N5O2. The Morgan fingerprint density at radius 2 is 2.00 bits per heavy atom. The largest absolute Gasteiger partial charge is 0.336 e. The van der Waals surface area contributed by atoms with Gasteiger partial charge in [0.25, 0.3) is 5.91 Å². The molecular weight excluding hydrogens is 342 g/mol. The summed E-state index contributed by atoms with van der Waals surface area (Å²) in [4.78, 5) is 30.4. The number of carbonyl (C=O) groups is 2. The predicted molar refractivity (Wildman–Crippen MR) is 103 cm³/mol. The number of nitrogens with one attached hydrogen (secondary N) is 2. The van der Waals surface area contributed by atoms with Crippen molar-refractivity contribution in [2.75, 3.05) is 23.3 Å². The van der Waals surface area contributed by atoms with Crippen molar-refractivity contribution in [1.82, 2.24) is 14.9 Å². The van der Waals surface area contributed by atoms with Crippen LogP contribution in [0.4, 0.5) is 16.4 Å². The minimum absolute atomic E-state index is 0.147. The SMILES string of the molecule is O=C(Nc1nccn1Cc1ccccc1)c1cccc(N2CCNC2=O)c1. The minimum Gasteiger partial charge on any atom is -0.336 e. The van der Waals surface area contributed by atoms with E-state index in [4.69, 9.17) is 0 Å². The van der Waals surface area contributed by atoms with Gasteiger partial charge in [-0.2, -0.15) is 0 Å². The molecule has 0 aliphatic carbocycles. The third-order valence-corrected chi connectivity index (χ3v) is 4.41. The fourth-order valence-corrected chi connectivity index (χ4v) is 3.05. The Balaban J connectivity index is 1.50. The molecule has 0 spiro atoms. The van der Waals surface area contributed by atoms with E-state index in [-0.39, 0.29) is 11.9 Å². The Bertz CT molecular complexity index is 967. The summed E-state index contributed by atoms with van der Waals surface area (Å²) in [5.41, 5.74) is 2.29. The summed E-state index contributed by atoms with van der Waals surface area (Å²) in [6, 6.07) is 16.8. The number of amides is 3. The lowest BCUT2D eigenvalue weighted by atomic mass is 10.2. The van der Waals surface area contributed by atoms with Crippen molar-refractivity contribution in [2.24, 2.45) is 0 Å². The van der Waals surface area contributed by atoms with E-state index in [0.29, 0.717) is 36.8 Å². The fraction of sp³-hybridized carbons (Fsp3) is 0.150. The molecule has 7 heteroatoms. The van der Waals surface area contributed by atoms with Crippen LogP contribution >= 0.6 is 0 Å². The first-order valence-corrected chi connectivity index (χ1v) is 8.72. The second-order valence-corrected chi connectivity index (χ2v) is 6.25. The standard InChI is InChI=1S/C20H19N5O2/c26-18(16-7-4-8-17(13-16)25-12-10-22-20(25)27)23-19-21-9-11-24(19)14-15-5-2-1-3-6-15/h1-9,11,13H,10,12,14H2,(H,22,27)(H,21,23,26). The van der Waals surface area contributed by atoms with Gasteiger partial charge in [0.05, 0.1) is 6.54 Å². The molecule has 2 heterocycles. The minimum atomic E-state index is -0.267. The lowest BCUT2D eigenvalue weighted by Gasteiger charge is -2.15. The number of anilines is 2. The van der Waals surface area contributed by atoms with Gasteiger partial charge < -0.3 is 9.88 Å². The summed E-state index contributed by atoms with van der Waals surface area (Å²) in [5, 5.41) is 5.61. The van der Waals surface area contributed by atoms with E-state index >= 15 is 0 Å². The molecule has 1 fully saturated rings. The van der Waals surface area contributed by atoms with Crippen molar-refractivity contribution in [3.05, 3.63) is 78.1 Å². The van der Waals surface area contributed by atoms with Gasteiger partial charge in [-0.15, -0.1) is 0 Å². The highest BCUT2D eigenvalue weighted by Crippen LogP contribution is 2.19. The molecule has 7 nitrogen and oxygen atoms in total. The number of hydrogen-bond acceptors (Lipinski definition) is 3. The summed E-state index contributed by atoms with van der Waals surface area (Å²) >= 11 is 0. The zero-order valence-electron chi connectivity index (χ0n) is 14.6. The molecule has 0 bridgehead atoms. The Hall–Kier alpha value is -3.61. The lowest BCUT2D eigenvalue weighted by molar-refractivity contribution is 0.102. The Morgan fingerprint density at radius 1 is 1.15 bits per heavy atom. The maximum absolute atomic E-state index is 12.7. The van der Waals surface area contributed by atoms with Gasteiger partial charge in [-0.25, -0.2) is 9.78 Å². The number of hydrogen-bond donors (Lipinski definition) is 2. The molecule has 1 aliphatic heterocycles. The Kier molecular flexibility index (Phi) is 4.57. The molecule has 2 N–H and O–H groups in total. The van der Waals surface area contributed by atoms with Crippen molar-refractivity contribution in [3.8, 4) is 0 Å². The van der Waals surface area contributed by atoms with Crippen LogP contribution in [0.1, 0.15) is 15.9 Å². The molecule has 3 aromatic rings. The van der Waals surface area contributed by atoms with E-state index < -0.39 is 0 Å². The third-order valence-electron chi connectivity index (χ3n) is 4.41. The number of benzene rings is 2. The number of carbonyl (C=O) groups excluding carboxylic acids is 2. The van der Waals surface area contributed by atoms with Gasteiger partial charge >= 0.3 is 6.03 Å². The average Bonchev–Trinajstić information content (AvgIpc) is 3.31. The average molecular weight is 361 g/mol. The molecule has 27 heavy (non-hydrogen) atoms. The third kappa shape index (κ3) is 3.67. The monoisotopic (exact) mass is 361 g/mol. The molecule has 0 saturated carbocycles. The number of imidazole rings is 1. The van der Waals surface area contributed by atoms with E-state index in [1.54, 1.807) is 29.3 Å². The van der Waals surface area contributed by atoms with Gasteiger partial charge in [0.1, 0.15) is 0 Å². The molecule has 0 atom stereocenters. The zero-order valence-corrected chi connectivity index (χ0v) is 14.6. The number of urea groups is 1. The van der Waals surface area contributed by atoms with Crippen LogP contribution in [0, 0.1) is 0 Å². The van der Waals surface area contributed by atoms with Crippen molar-refractivity contribution >= 4 is 23.6 Å². The first-order chi connectivity index (χ1) is 13.2. The summed E-state index contributed by atoms with van der Waals surface area (Å²) in [5.74, 6) is 0.213. The lowest BCUT2D eigenvalue weighted by Crippen LogP contribution is -2.28. The highest BCUT2D eigenvalue weighted by atomic mass is 16.2.